The van der Waals surface area contributed by atoms with Crippen molar-refractivity contribution in [1.29, 1.82) is 0 Å². The van der Waals surface area contributed by atoms with Crippen molar-refractivity contribution in [1.82, 2.24) is 15.0 Å². The Labute approximate surface area is 111 Å². The number of hydrogen-bond donors (Lipinski definition) is 0. The Morgan fingerprint density at radius 2 is 1.80 bits per heavy atom. The van der Waals surface area contributed by atoms with Gasteiger partial charge in [-0.15, -0.1) is 0 Å². The molecule has 0 aliphatic carbocycles. The van der Waals surface area contributed by atoms with Crippen LogP contribution in [0.1, 0.15) is 11.4 Å². The predicted molar refractivity (Wildman–Crippen MR) is 62.5 cm³/mol. The van der Waals surface area contributed by atoms with Gasteiger partial charge >= 0.3 is 16.3 Å². The molecule has 2 aromatic heterocycles. The second-order valence-electron chi connectivity index (χ2n) is 3.94. The monoisotopic (exact) mass is 307 g/mol. The van der Waals surface area contributed by atoms with Crippen molar-refractivity contribution in [2.24, 2.45) is 0 Å². The maximum Gasteiger partial charge on any atom is 0.433 e. The minimum atomic E-state index is -4.63. The van der Waals surface area contributed by atoms with Gasteiger partial charge < -0.3 is 4.18 Å². The fraction of sp³-hybridized carbons (Fsp3) is 0.300. The minimum absolute atomic E-state index is 0.108. The highest BCUT2D eigenvalue weighted by Gasteiger charge is 2.32. The summed E-state index contributed by atoms with van der Waals surface area (Å²) in [4.78, 5) is 10.9. The van der Waals surface area contributed by atoms with E-state index >= 15 is 0 Å². The second kappa shape index (κ2) is 4.54. The van der Waals surface area contributed by atoms with Crippen LogP contribution in [0.2, 0.25) is 0 Å². The molecular formula is C10H8F3N3O3S. The Kier molecular flexibility index (Phi) is 3.28. The van der Waals surface area contributed by atoms with E-state index in [9.17, 15) is 21.6 Å². The molecule has 0 bridgehead atoms. The number of hydrogen-bond acceptors (Lipinski definition) is 6. The van der Waals surface area contributed by atoms with Crippen LogP contribution in [0, 0.1) is 6.92 Å². The highest BCUT2D eigenvalue weighted by molar-refractivity contribution is 7.86. The molecule has 0 saturated carbocycles. The van der Waals surface area contributed by atoms with Crippen molar-refractivity contribution >= 4 is 21.3 Å². The normalized spacial score (nSPS) is 12.7. The fourth-order valence-electron chi connectivity index (χ4n) is 1.40. The Bertz CT molecular complexity index is 774. The maximum absolute atomic E-state index is 12.5. The maximum atomic E-state index is 12.5. The molecule has 0 amide bonds. The molecule has 2 aromatic rings. The molecule has 2 heterocycles. The van der Waals surface area contributed by atoms with Gasteiger partial charge in [0.25, 0.3) is 5.88 Å². The van der Waals surface area contributed by atoms with Gasteiger partial charge in [0.15, 0.2) is 5.65 Å². The number of aryl methyl sites for hydroxylation is 1. The Morgan fingerprint density at radius 1 is 1.15 bits per heavy atom. The molecule has 0 aromatic carbocycles. The van der Waals surface area contributed by atoms with Crippen LogP contribution in [0.5, 0.6) is 5.88 Å². The molecule has 10 heteroatoms. The first kappa shape index (κ1) is 14.4. The summed E-state index contributed by atoms with van der Waals surface area (Å²) in [5.74, 6) is -0.396. The van der Waals surface area contributed by atoms with Gasteiger partial charge in [-0.05, 0) is 19.1 Å². The Hall–Kier alpha value is -1.97. The highest BCUT2D eigenvalue weighted by Crippen LogP contribution is 2.29. The molecule has 0 fully saturated rings. The van der Waals surface area contributed by atoms with Crippen molar-refractivity contribution in [2.75, 3.05) is 6.26 Å². The number of pyridine rings is 1. The second-order valence-corrected chi connectivity index (χ2v) is 5.51. The van der Waals surface area contributed by atoms with Gasteiger partial charge in [-0.3, -0.25) is 0 Å². The first-order chi connectivity index (χ1) is 9.06. The largest absolute Gasteiger partial charge is 0.433 e. The lowest BCUT2D eigenvalue weighted by atomic mass is 10.3. The van der Waals surface area contributed by atoms with Crippen LogP contribution in [0.4, 0.5) is 13.2 Å². The zero-order valence-electron chi connectivity index (χ0n) is 10.3. The number of aromatic nitrogens is 3. The van der Waals surface area contributed by atoms with Gasteiger partial charge in [0.2, 0.25) is 0 Å². The van der Waals surface area contributed by atoms with Gasteiger partial charge in [0, 0.05) is 0 Å². The van der Waals surface area contributed by atoms with E-state index in [-0.39, 0.29) is 16.9 Å². The topological polar surface area (TPSA) is 82.0 Å². The number of alkyl halides is 3. The van der Waals surface area contributed by atoms with E-state index in [0.717, 1.165) is 18.4 Å². The lowest BCUT2D eigenvalue weighted by molar-refractivity contribution is -0.141. The smallest absolute Gasteiger partial charge is 0.360 e. The molecule has 108 valence electrons. The SMILES string of the molecule is Cc1nc2ccc(C(F)(F)F)nc2nc1OS(C)(=O)=O. The van der Waals surface area contributed by atoms with Crippen molar-refractivity contribution in [2.45, 2.75) is 13.1 Å². The lowest BCUT2D eigenvalue weighted by Crippen LogP contribution is -2.11. The van der Waals surface area contributed by atoms with Crippen molar-refractivity contribution in [3.05, 3.63) is 23.5 Å². The molecule has 0 radical (unpaired) electrons. The lowest BCUT2D eigenvalue weighted by Gasteiger charge is -2.08. The molecule has 0 aliphatic heterocycles. The predicted octanol–water partition coefficient (Wildman–Crippen LogP) is 1.69. The van der Waals surface area contributed by atoms with E-state index in [2.05, 4.69) is 19.1 Å². The van der Waals surface area contributed by atoms with Crippen molar-refractivity contribution in [3.63, 3.8) is 0 Å². The number of fused-ring (bicyclic) bond motifs is 1. The molecule has 0 N–H and O–H groups in total. The molecule has 0 unspecified atom stereocenters. The van der Waals surface area contributed by atoms with E-state index in [0.29, 0.717) is 0 Å². The summed E-state index contributed by atoms with van der Waals surface area (Å²) in [6.45, 7) is 1.42. The number of nitrogens with zero attached hydrogens (tertiary/aromatic N) is 3. The van der Waals surface area contributed by atoms with Gasteiger partial charge in [-0.25, -0.2) is 9.97 Å². The summed E-state index contributed by atoms with van der Waals surface area (Å²) >= 11 is 0. The summed E-state index contributed by atoms with van der Waals surface area (Å²) in [7, 11) is -3.86. The van der Waals surface area contributed by atoms with Gasteiger partial charge in [0.1, 0.15) is 16.9 Å². The fourth-order valence-corrected chi connectivity index (χ4v) is 1.84. The third kappa shape index (κ3) is 3.13. The first-order valence-corrected chi connectivity index (χ1v) is 7.00. The third-order valence-corrected chi connectivity index (χ3v) is 2.64. The zero-order chi connectivity index (χ0) is 15.1. The summed E-state index contributed by atoms with van der Waals surface area (Å²) in [6, 6.07) is 1.88. The van der Waals surface area contributed by atoms with Crippen LogP contribution in [-0.2, 0) is 16.3 Å². The van der Waals surface area contributed by atoms with Crippen LogP contribution in [0.3, 0.4) is 0 Å². The quantitative estimate of drug-likeness (QED) is 0.785. The summed E-state index contributed by atoms with van der Waals surface area (Å²) in [5.41, 5.74) is -1.25. The van der Waals surface area contributed by atoms with Crippen LogP contribution in [0.25, 0.3) is 11.2 Å². The highest BCUT2D eigenvalue weighted by atomic mass is 32.2. The van der Waals surface area contributed by atoms with Crippen LogP contribution in [-0.4, -0.2) is 29.6 Å². The van der Waals surface area contributed by atoms with E-state index in [1.807, 2.05) is 0 Å². The summed E-state index contributed by atoms with van der Waals surface area (Å²) < 4.78 is 64.2. The molecular weight excluding hydrogens is 299 g/mol. The Morgan fingerprint density at radius 3 is 2.35 bits per heavy atom. The van der Waals surface area contributed by atoms with Gasteiger partial charge in [-0.1, -0.05) is 0 Å². The molecule has 20 heavy (non-hydrogen) atoms. The molecule has 0 atom stereocenters. The van der Waals surface area contributed by atoms with Gasteiger partial charge in [0.05, 0.1) is 6.26 Å². The molecule has 6 nitrogen and oxygen atoms in total. The number of halogens is 3. The molecule has 2 rings (SSSR count). The van der Waals surface area contributed by atoms with E-state index in [1.165, 1.54) is 6.92 Å². The molecule has 0 saturated heterocycles. The van der Waals surface area contributed by atoms with Crippen molar-refractivity contribution < 1.29 is 25.8 Å². The zero-order valence-corrected chi connectivity index (χ0v) is 11.1. The van der Waals surface area contributed by atoms with E-state index in [1.54, 1.807) is 0 Å². The minimum Gasteiger partial charge on any atom is -0.360 e. The summed E-state index contributed by atoms with van der Waals surface area (Å²) in [6.07, 6.45) is -3.84. The number of rotatable bonds is 2. The standard InChI is InChI=1S/C10H8F3N3O3S/c1-5-9(19-20(2,17)18)16-8-6(14-5)3-4-7(15-8)10(11,12)13/h3-4H,1-2H3. The van der Waals surface area contributed by atoms with Crippen LogP contribution >= 0.6 is 0 Å². The average Bonchev–Trinajstić information content (AvgIpc) is 2.26. The van der Waals surface area contributed by atoms with Crippen LogP contribution < -0.4 is 4.18 Å². The van der Waals surface area contributed by atoms with Gasteiger partial charge in [-0.2, -0.15) is 26.6 Å². The average molecular weight is 307 g/mol. The first-order valence-electron chi connectivity index (χ1n) is 5.18. The van der Waals surface area contributed by atoms with Crippen LogP contribution in [0.15, 0.2) is 12.1 Å². The molecule has 0 spiro atoms. The van der Waals surface area contributed by atoms with E-state index < -0.39 is 27.9 Å². The Balaban J connectivity index is 2.60. The molecule has 0 aliphatic rings. The van der Waals surface area contributed by atoms with Crippen molar-refractivity contribution in [3.8, 4) is 5.88 Å². The van der Waals surface area contributed by atoms with E-state index in [4.69, 9.17) is 0 Å². The summed E-state index contributed by atoms with van der Waals surface area (Å²) in [5, 5.41) is 0. The third-order valence-electron chi connectivity index (χ3n) is 2.18.